The Balaban J connectivity index is 1.67. The van der Waals surface area contributed by atoms with Crippen LogP contribution in [0, 0.1) is 6.92 Å². The number of amides is 1. The summed E-state index contributed by atoms with van der Waals surface area (Å²) in [5.41, 5.74) is 1.88. The maximum Gasteiger partial charge on any atom is 0.244 e. The van der Waals surface area contributed by atoms with Gasteiger partial charge >= 0.3 is 0 Å². The standard InChI is InChI=1S/C16H18N4O/c1-13-7-9-15(20-19-13)17-11-12-18-16(21)10-8-14-5-3-2-4-6-14/h2-10H,11-12H2,1H3,(H,17,20)(H,18,21)/b10-8+. The molecule has 0 saturated carbocycles. The van der Waals surface area contributed by atoms with Crippen molar-refractivity contribution in [3.63, 3.8) is 0 Å². The second-order valence-electron chi connectivity index (χ2n) is 4.52. The molecule has 1 aromatic carbocycles. The lowest BCUT2D eigenvalue weighted by Crippen LogP contribution is -2.27. The van der Waals surface area contributed by atoms with Crippen molar-refractivity contribution in [3.05, 3.63) is 59.8 Å². The van der Waals surface area contributed by atoms with Crippen LogP contribution in [0.15, 0.2) is 48.5 Å². The molecule has 0 bridgehead atoms. The molecule has 1 heterocycles. The first kappa shape index (κ1) is 14.7. The van der Waals surface area contributed by atoms with Gasteiger partial charge in [0.05, 0.1) is 5.69 Å². The lowest BCUT2D eigenvalue weighted by atomic mass is 10.2. The van der Waals surface area contributed by atoms with Gasteiger partial charge in [0.1, 0.15) is 5.82 Å². The van der Waals surface area contributed by atoms with Gasteiger partial charge in [0, 0.05) is 19.2 Å². The maximum absolute atomic E-state index is 11.6. The fraction of sp³-hybridized carbons (Fsp3) is 0.188. The first-order valence-corrected chi connectivity index (χ1v) is 6.79. The van der Waals surface area contributed by atoms with Crippen LogP contribution in [0.3, 0.4) is 0 Å². The number of carbonyl (C=O) groups is 1. The van der Waals surface area contributed by atoms with Gasteiger partial charge in [-0.1, -0.05) is 30.3 Å². The molecule has 2 rings (SSSR count). The van der Waals surface area contributed by atoms with Crippen LogP contribution in [0.4, 0.5) is 5.82 Å². The van der Waals surface area contributed by atoms with E-state index in [1.807, 2.05) is 49.4 Å². The summed E-state index contributed by atoms with van der Waals surface area (Å²) in [4.78, 5) is 11.6. The second-order valence-corrected chi connectivity index (χ2v) is 4.52. The predicted octanol–water partition coefficient (Wildman–Crippen LogP) is 2.03. The van der Waals surface area contributed by atoms with E-state index in [1.165, 1.54) is 6.08 Å². The molecule has 108 valence electrons. The van der Waals surface area contributed by atoms with Gasteiger partial charge < -0.3 is 10.6 Å². The van der Waals surface area contributed by atoms with Gasteiger partial charge in [0.25, 0.3) is 0 Å². The zero-order valence-corrected chi connectivity index (χ0v) is 11.9. The summed E-state index contributed by atoms with van der Waals surface area (Å²) in [6.45, 7) is 3.01. The van der Waals surface area contributed by atoms with Gasteiger partial charge in [0.2, 0.25) is 5.91 Å². The Bertz CT molecular complexity index is 593. The van der Waals surface area contributed by atoms with E-state index in [0.717, 1.165) is 11.3 Å². The van der Waals surface area contributed by atoms with Crippen LogP contribution in [-0.4, -0.2) is 29.2 Å². The summed E-state index contributed by atoms with van der Waals surface area (Å²) in [7, 11) is 0. The molecule has 0 spiro atoms. The van der Waals surface area contributed by atoms with E-state index in [4.69, 9.17) is 0 Å². The molecule has 1 amide bonds. The molecule has 2 N–H and O–H groups in total. The number of rotatable bonds is 6. The minimum Gasteiger partial charge on any atom is -0.367 e. The molecule has 0 radical (unpaired) electrons. The zero-order chi connectivity index (χ0) is 14.9. The first-order valence-electron chi connectivity index (χ1n) is 6.79. The van der Waals surface area contributed by atoms with Crippen LogP contribution in [0.25, 0.3) is 6.08 Å². The van der Waals surface area contributed by atoms with Crippen LogP contribution in [0.5, 0.6) is 0 Å². The molecular formula is C16H18N4O. The highest BCUT2D eigenvalue weighted by molar-refractivity contribution is 5.91. The molecule has 0 saturated heterocycles. The van der Waals surface area contributed by atoms with E-state index < -0.39 is 0 Å². The van der Waals surface area contributed by atoms with E-state index in [0.29, 0.717) is 18.9 Å². The monoisotopic (exact) mass is 282 g/mol. The van der Waals surface area contributed by atoms with Crippen molar-refractivity contribution in [2.45, 2.75) is 6.92 Å². The average Bonchev–Trinajstić information content (AvgIpc) is 2.52. The third-order valence-electron chi connectivity index (χ3n) is 2.75. The number of benzene rings is 1. The minimum absolute atomic E-state index is 0.115. The largest absolute Gasteiger partial charge is 0.367 e. The van der Waals surface area contributed by atoms with Crippen molar-refractivity contribution in [1.29, 1.82) is 0 Å². The molecule has 5 nitrogen and oxygen atoms in total. The number of anilines is 1. The minimum atomic E-state index is -0.115. The van der Waals surface area contributed by atoms with Crippen molar-refractivity contribution in [3.8, 4) is 0 Å². The lowest BCUT2D eigenvalue weighted by molar-refractivity contribution is -0.116. The number of nitrogens with one attached hydrogen (secondary N) is 2. The molecule has 0 aliphatic carbocycles. The Morgan fingerprint density at radius 2 is 1.90 bits per heavy atom. The summed E-state index contributed by atoms with van der Waals surface area (Å²) in [5, 5.41) is 13.8. The maximum atomic E-state index is 11.6. The van der Waals surface area contributed by atoms with E-state index in [2.05, 4.69) is 20.8 Å². The smallest absolute Gasteiger partial charge is 0.244 e. The number of hydrogen-bond donors (Lipinski definition) is 2. The fourth-order valence-electron chi connectivity index (χ4n) is 1.66. The number of carbonyl (C=O) groups excluding carboxylic acids is 1. The predicted molar refractivity (Wildman–Crippen MR) is 83.7 cm³/mol. The molecule has 5 heteroatoms. The van der Waals surface area contributed by atoms with Crippen LogP contribution in [0.1, 0.15) is 11.3 Å². The fourth-order valence-corrected chi connectivity index (χ4v) is 1.66. The molecule has 0 atom stereocenters. The Morgan fingerprint density at radius 1 is 1.10 bits per heavy atom. The van der Waals surface area contributed by atoms with Crippen LogP contribution in [0.2, 0.25) is 0 Å². The number of aromatic nitrogens is 2. The summed E-state index contributed by atoms with van der Waals surface area (Å²) >= 11 is 0. The van der Waals surface area contributed by atoms with Gasteiger partial charge in [-0.2, -0.15) is 5.10 Å². The van der Waals surface area contributed by atoms with Gasteiger partial charge in [-0.25, -0.2) is 0 Å². The van der Waals surface area contributed by atoms with Gasteiger partial charge in [0.15, 0.2) is 0 Å². The number of hydrogen-bond acceptors (Lipinski definition) is 4. The lowest BCUT2D eigenvalue weighted by Gasteiger charge is -2.05. The highest BCUT2D eigenvalue weighted by atomic mass is 16.1. The van der Waals surface area contributed by atoms with Crippen molar-refractivity contribution in [2.75, 3.05) is 18.4 Å². The highest BCUT2D eigenvalue weighted by Crippen LogP contribution is 2.01. The summed E-state index contributed by atoms with van der Waals surface area (Å²) < 4.78 is 0. The quantitative estimate of drug-likeness (QED) is 0.628. The Hall–Kier alpha value is -2.69. The third-order valence-corrected chi connectivity index (χ3v) is 2.75. The molecule has 2 aromatic rings. The Kier molecular flexibility index (Phi) is 5.46. The molecule has 1 aromatic heterocycles. The molecule has 0 unspecified atom stereocenters. The summed E-state index contributed by atoms with van der Waals surface area (Å²) in [5.74, 6) is 0.588. The van der Waals surface area contributed by atoms with Gasteiger partial charge in [-0.05, 0) is 30.7 Å². The molecule has 0 aliphatic rings. The Labute approximate surface area is 124 Å². The van der Waals surface area contributed by atoms with Crippen molar-refractivity contribution in [1.82, 2.24) is 15.5 Å². The van der Waals surface area contributed by atoms with E-state index in [1.54, 1.807) is 6.08 Å². The highest BCUT2D eigenvalue weighted by Gasteiger charge is 1.96. The van der Waals surface area contributed by atoms with Gasteiger partial charge in [-0.15, -0.1) is 5.10 Å². The first-order chi connectivity index (χ1) is 10.2. The average molecular weight is 282 g/mol. The summed E-state index contributed by atoms with van der Waals surface area (Å²) in [6.07, 6.45) is 3.31. The van der Waals surface area contributed by atoms with Crippen LogP contribution >= 0.6 is 0 Å². The van der Waals surface area contributed by atoms with E-state index in [-0.39, 0.29) is 5.91 Å². The normalized spacial score (nSPS) is 10.5. The number of aryl methyl sites for hydroxylation is 1. The molecule has 0 fully saturated rings. The van der Waals surface area contributed by atoms with Gasteiger partial charge in [-0.3, -0.25) is 4.79 Å². The molecular weight excluding hydrogens is 264 g/mol. The zero-order valence-electron chi connectivity index (χ0n) is 11.9. The van der Waals surface area contributed by atoms with Crippen molar-refractivity contribution in [2.24, 2.45) is 0 Å². The molecule has 21 heavy (non-hydrogen) atoms. The summed E-state index contributed by atoms with van der Waals surface area (Å²) in [6, 6.07) is 13.4. The third kappa shape index (κ3) is 5.44. The second kappa shape index (κ2) is 7.79. The SMILES string of the molecule is Cc1ccc(NCCNC(=O)/C=C/c2ccccc2)nn1. The van der Waals surface area contributed by atoms with Crippen molar-refractivity contribution < 1.29 is 4.79 Å². The van der Waals surface area contributed by atoms with Crippen molar-refractivity contribution >= 4 is 17.8 Å². The molecule has 0 aliphatic heterocycles. The topological polar surface area (TPSA) is 66.9 Å². The van der Waals surface area contributed by atoms with E-state index >= 15 is 0 Å². The van der Waals surface area contributed by atoms with Crippen LogP contribution in [-0.2, 0) is 4.79 Å². The number of nitrogens with zero attached hydrogens (tertiary/aromatic N) is 2. The van der Waals surface area contributed by atoms with Crippen LogP contribution < -0.4 is 10.6 Å². The Morgan fingerprint density at radius 3 is 2.62 bits per heavy atom. The van der Waals surface area contributed by atoms with E-state index in [9.17, 15) is 4.79 Å².